The zero-order chi connectivity index (χ0) is 12.3. The number of carbonyl (C=O) groups is 1. The molecule has 1 heterocycles. The molecule has 1 aromatic heterocycles. The van der Waals surface area contributed by atoms with Crippen LogP contribution in [-0.4, -0.2) is 17.2 Å². The van der Waals surface area contributed by atoms with E-state index < -0.39 is 11.6 Å². The fourth-order valence-electron chi connectivity index (χ4n) is 2.19. The minimum Gasteiger partial charge on any atom is -0.460 e. The van der Waals surface area contributed by atoms with Gasteiger partial charge in [-0.3, -0.25) is 0 Å². The summed E-state index contributed by atoms with van der Waals surface area (Å²) in [5.74, 6) is -0.491. The normalized spacial score (nSPS) is 20.1. The molecule has 0 spiro atoms. The molecule has 4 heteroatoms. The van der Waals surface area contributed by atoms with Crippen molar-refractivity contribution in [1.82, 2.24) is 0 Å². The summed E-state index contributed by atoms with van der Waals surface area (Å²) in [6.45, 7) is 1.80. The molecular formula is C13H18O3S. The van der Waals surface area contributed by atoms with Crippen molar-refractivity contribution in [3.05, 3.63) is 22.4 Å². The SMILES string of the molecule is CCC(O)(C(=O)OC1CCCC1)c1cccs1. The molecule has 2 rings (SSSR count). The maximum absolute atomic E-state index is 12.1. The number of esters is 1. The third-order valence-corrected chi connectivity index (χ3v) is 4.37. The average molecular weight is 254 g/mol. The summed E-state index contributed by atoms with van der Waals surface area (Å²) in [4.78, 5) is 12.8. The maximum Gasteiger partial charge on any atom is 0.343 e. The number of carbonyl (C=O) groups excluding carboxylic acids is 1. The second-order valence-corrected chi connectivity index (χ2v) is 5.45. The van der Waals surface area contributed by atoms with Crippen molar-refractivity contribution >= 4 is 17.3 Å². The molecule has 0 aliphatic heterocycles. The zero-order valence-corrected chi connectivity index (χ0v) is 10.8. The van der Waals surface area contributed by atoms with Gasteiger partial charge in [0.2, 0.25) is 0 Å². The lowest BCUT2D eigenvalue weighted by Gasteiger charge is -2.25. The van der Waals surface area contributed by atoms with E-state index in [1.54, 1.807) is 13.0 Å². The van der Waals surface area contributed by atoms with Gasteiger partial charge in [0.1, 0.15) is 6.10 Å². The number of ether oxygens (including phenoxy) is 1. The lowest BCUT2D eigenvalue weighted by atomic mass is 9.99. The highest BCUT2D eigenvalue weighted by atomic mass is 32.1. The van der Waals surface area contributed by atoms with Gasteiger partial charge in [0.05, 0.1) is 0 Å². The molecule has 1 saturated carbocycles. The summed E-state index contributed by atoms with van der Waals surface area (Å²) in [5, 5.41) is 12.3. The van der Waals surface area contributed by atoms with Gasteiger partial charge in [-0.05, 0) is 43.6 Å². The number of aliphatic hydroxyl groups is 1. The first-order valence-corrected chi connectivity index (χ1v) is 7.02. The van der Waals surface area contributed by atoms with Gasteiger partial charge >= 0.3 is 5.97 Å². The van der Waals surface area contributed by atoms with E-state index in [0.29, 0.717) is 11.3 Å². The van der Waals surface area contributed by atoms with E-state index in [0.717, 1.165) is 25.7 Å². The molecule has 94 valence electrons. The molecule has 0 saturated heterocycles. The van der Waals surface area contributed by atoms with Crippen LogP contribution < -0.4 is 0 Å². The van der Waals surface area contributed by atoms with Crippen molar-refractivity contribution in [1.29, 1.82) is 0 Å². The summed E-state index contributed by atoms with van der Waals surface area (Å²) in [6.07, 6.45) is 4.43. The first-order chi connectivity index (χ1) is 8.16. The predicted octanol–water partition coefficient (Wildman–Crippen LogP) is 2.83. The van der Waals surface area contributed by atoms with Crippen LogP contribution in [0.1, 0.15) is 43.9 Å². The van der Waals surface area contributed by atoms with E-state index in [4.69, 9.17) is 4.74 Å². The first-order valence-electron chi connectivity index (χ1n) is 6.14. The molecule has 0 aromatic carbocycles. The number of thiophene rings is 1. The molecular weight excluding hydrogens is 236 g/mol. The zero-order valence-electron chi connectivity index (χ0n) is 10.0. The van der Waals surface area contributed by atoms with Crippen LogP contribution in [-0.2, 0) is 15.1 Å². The summed E-state index contributed by atoms with van der Waals surface area (Å²) >= 11 is 1.39. The van der Waals surface area contributed by atoms with Gasteiger partial charge in [-0.2, -0.15) is 0 Å². The largest absolute Gasteiger partial charge is 0.460 e. The van der Waals surface area contributed by atoms with E-state index in [1.807, 2.05) is 11.4 Å². The summed E-state index contributed by atoms with van der Waals surface area (Å²) in [6, 6.07) is 3.62. The fraction of sp³-hybridized carbons (Fsp3) is 0.615. The molecule has 1 aliphatic rings. The van der Waals surface area contributed by atoms with E-state index >= 15 is 0 Å². The highest BCUT2D eigenvalue weighted by Crippen LogP contribution is 2.32. The third kappa shape index (κ3) is 2.53. The van der Waals surface area contributed by atoms with Crippen molar-refractivity contribution in [3.8, 4) is 0 Å². The summed E-state index contributed by atoms with van der Waals surface area (Å²) in [5.41, 5.74) is -1.46. The Morgan fingerprint density at radius 2 is 2.29 bits per heavy atom. The second-order valence-electron chi connectivity index (χ2n) is 4.50. The van der Waals surface area contributed by atoms with Crippen LogP contribution in [0.5, 0.6) is 0 Å². The van der Waals surface area contributed by atoms with E-state index in [9.17, 15) is 9.90 Å². The standard InChI is InChI=1S/C13H18O3S/c1-2-13(15,11-8-5-9-17-11)12(14)16-10-6-3-4-7-10/h5,8-10,15H,2-4,6-7H2,1H3. The van der Waals surface area contributed by atoms with Crippen molar-refractivity contribution in [2.75, 3.05) is 0 Å². The van der Waals surface area contributed by atoms with Gasteiger partial charge in [-0.1, -0.05) is 13.0 Å². The smallest absolute Gasteiger partial charge is 0.343 e. The quantitative estimate of drug-likeness (QED) is 0.840. The third-order valence-electron chi connectivity index (χ3n) is 3.35. The van der Waals surface area contributed by atoms with Crippen LogP contribution in [0.15, 0.2) is 17.5 Å². The highest BCUT2D eigenvalue weighted by Gasteiger charge is 2.40. The minimum absolute atomic E-state index is 0.000497. The van der Waals surface area contributed by atoms with Gasteiger partial charge in [0, 0.05) is 4.88 Å². The van der Waals surface area contributed by atoms with Crippen LogP contribution in [0.4, 0.5) is 0 Å². The Bertz CT molecular complexity index is 368. The van der Waals surface area contributed by atoms with Crippen molar-refractivity contribution in [2.24, 2.45) is 0 Å². The average Bonchev–Trinajstić information content (AvgIpc) is 3.00. The van der Waals surface area contributed by atoms with Crippen LogP contribution in [0.2, 0.25) is 0 Å². The number of hydrogen-bond acceptors (Lipinski definition) is 4. The van der Waals surface area contributed by atoms with Crippen molar-refractivity contribution in [3.63, 3.8) is 0 Å². The van der Waals surface area contributed by atoms with Crippen LogP contribution in [0, 0.1) is 0 Å². The monoisotopic (exact) mass is 254 g/mol. The Balaban J connectivity index is 2.09. The Hall–Kier alpha value is -0.870. The first kappa shape index (κ1) is 12.6. The lowest BCUT2D eigenvalue weighted by molar-refractivity contribution is -0.172. The van der Waals surface area contributed by atoms with Crippen LogP contribution in [0.3, 0.4) is 0 Å². The van der Waals surface area contributed by atoms with Gasteiger partial charge in [-0.25, -0.2) is 4.79 Å². The van der Waals surface area contributed by atoms with E-state index in [1.165, 1.54) is 11.3 Å². The predicted molar refractivity (Wildman–Crippen MR) is 66.9 cm³/mol. The van der Waals surface area contributed by atoms with E-state index in [-0.39, 0.29) is 6.10 Å². The van der Waals surface area contributed by atoms with Crippen molar-refractivity contribution < 1.29 is 14.6 Å². The molecule has 0 radical (unpaired) electrons. The van der Waals surface area contributed by atoms with Gasteiger partial charge in [0.15, 0.2) is 5.60 Å². The highest BCUT2D eigenvalue weighted by molar-refractivity contribution is 7.10. The molecule has 1 aromatic rings. The molecule has 3 nitrogen and oxygen atoms in total. The Kier molecular flexibility index (Phi) is 3.84. The molecule has 1 unspecified atom stereocenters. The molecule has 1 aliphatic carbocycles. The maximum atomic E-state index is 12.1. The Morgan fingerprint density at radius 3 is 2.82 bits per heavy atom. The summed E-state index contributed by atoms with van der Waals surface area (Å²) < 4.78 is 5.41. The van der Waals surface area contributed by atoms with E-state index in [2.05, 4.69) is 0 Å². The molecule has 17 heavy (non-hydrogen) atoms. The molecule has 1 fully saturated rings. The second kappa shape index (κ2) is 5.19. The van der Waals surface area contributed by atoms with Crippen LogP contribution >= 0.6 is 11.3 Å². The Labute approximate surface area is 105 Å². The minimum atomic E-state index is -1.46. The number of hydrogen-bond donors (Lipinski definition) is 1. The Morgan fingerprint density at radius 1 is 1.59 bits per heavy atom. The van der Waals surface area contributed by atoms with Crippen molar-refractivity contribution in [2.45, 2.75) is 50.7 Å². The van der Waals surface area contributed by atoms with Crippen LogP contribution in [0.25, 0.3) is 0 Å². The van der Waals surface area contributed by atoms with Gasteiger partial charge in [0.25, 0.3) is 0 Å². The van der Waals surface area contributed by atoms with Gasteiger partial charge in [-0.15, -0.1) is 11.3 Å². The lowest BCUT2D eigenvalue weighted by Crippen LogP contribution is -2.37. The summed E-state index contributed by atoms with van der Waals surface area (Å²) in [7, 11) is 0. The molecule has 0 bridgehead atoms. The fourth-order valence-corrected chi connectivity index (χ4v) is 3.07. The topological polar surface area (TPSA) is 46.5 Å². The molecule has 0 amide bonds. The molecule has 1 N–H and O–H groups in total. The van der Waals surface area contributed by atoms with Gasteiger partial charge < -0.3 is 9.84 Å². The molecule has 1 atom stereocenters. The number of rotatable bonds is 4.